The van der Waals surface area contributed by atoms with Crippen molar-refractivity contribution in [1.82, 2.24) is 4.98 Å². The first-order chi connectivity index (χ1) is 8.54. The number of aromatic nitrogens is 1. The van der Waals surface area contributed by atoms with Crippen molar-refractivity contribution < 1.29 is 4.43 Å². The Balaban J connectivity index is 2.69. The van der Waals surface area contributed by atoms with Crippen LogP contribution in [0.3, 0.4) is 0 Å². The van der Waals surface area contributed by atoms with Gasteiger partial charge in [0.1, 0.15) is 5.15 Å². The Hall–Kier alpha value is -0.103. The van der Waals surface area contributed by atoms with Crippen LogP contribution in [0, 0.1) is 0 Å². The third kappa shape index (κ3) is 4.45. The summed E-state index contributed by atoms with van der Waals surface area (Å²) in [5.74, 6) is 0. The molecule has 0 saturated heterocycles. The molecule has 2 N–H and O–H groups in total. The fourth-order valence-corrected chi connectivity index (χ4v) is 3.19. The lowest BCUT2D eigenvalue weighted by molar-refractivity contribution is 0.291. The largest absolute Gasteiger partial charge is 0.416 e. The molecule has 1 aromatic rings. The van der Waals surface area contributed by atoms with Gasteiger partial charge >= 0.3 is 0 Å². The number of pyridine rings is 1. The van der Waals surface area contributed by atoms with Gasteiger partial charge in [-0.05, 0) is 40.1 Å². The summed E-state index contributed by atoms with van der Waals surface area (Å²) >= 11 is 9.31. The molecule has 0 bridgehead atoms. The molecule has 1 heterocycles. The molecule has 0 aliphatic heterocycles. The molecule has 0 aliphatic rings. The standard InChI is InChI=1S/C13H22BrClN2OSi/c1-13(2,3)19(4,5)18-7-6-10-12(16)9(14)8-11(15)17-10/h8H,6-7,16H2,1-5H3. The Kier molecular flexibility index (Phi) is 5.46. The minimum atomic E-state index is -1.72. The van der Waals surface area contributed by atoms with Crippen molar-refractivity contribution in [2.45, 2.75) is 45.3 Å². The van der Waals surface area contributed by atoms with Gasteiger partial charge in [0, 0.05) is 17.5 Å². The van der Waals surface area contributed by atoms with E-state index in [-0.39, 0.29) is 5.04 Å². The van der Waals surface area contributed by atoms with E-state index in [1.54, 1.807) is 6.07 Å². The van der Waals surface area contributed by atoms with E-state index >= 15 is 0 Å². The predicted octanol–water partition coefficient (Wildman–Crippen LogP) is 4.64. The molecule has 0 fully saturated rings. The van der Waals surface area contributed by atoms with Crippen LogP contribution >= 0.6 is 27.5 Å². The summed E-state index contributed by atoms with van der Waals surface area (Å²) in [7, 11) is -1.72. The first-order valence-electron chi connectivity index (χ1n) is 6.29. The third-order valence-corrected chi connectivity index (χ3v) is 9.05. The topological polar surface area (TPSA) is 48.1 Å². The van der Waals surface area contributed by atoms with Crippen LogP contribution in [0.1, 0.15) is 26.5 Å². The summed E-state index contributed by atoms with van der Waals surface area (Å²) in [6.45, 7) is 11.8. The van der Waals surface area contributed by atoms with E-state index in [0.29, 0.717) is 23.9 Å². The van der Waals surface area contributed by atoms with E-state index < -0.39 is 8.32 Å². The number of hydrogen-bond donors (Lipinski definition) is 1. The maximum Gasteiger partial charge on any atom is 0.191 e. The molecule has 0 atom stereocenters. The van der Waals surface area contributed by atoms with Crippen molar-refractivity contribution in [2.24, 2.45) is 0 Å². The Morgan fingerprint density at radius 1 is 1.42 bits per heavy atom. The highest BCUT2D eigenvalue weighted by atomic mass is 79.9. The summed E-state index contributed by atoms with van der Waals surface area (Å²) in [6, 6.07) is 1.70. The molecule has 6 heteroatoms. The molecular weight excluding hydrogens is 344 g/mol. The lowest BCUT2D eigenvalue weighted by atomic mass is 10.2. The highest BCUT2D eigenvalue weighted by Crippen LogP contribution is 2.36. The Labute approximate surface area is 130 Å². The summed E-state index contributed by atoms with van der Waals surface area (Å²) in [5, 5.41) is 0.657. The lowest BCUT2D eigenvalue weighted by Crippen LogP contribution is -2.41. The number of hydrogen-bond acceptors (Lipinski definition) is 3. The molecule has 1 rings (SSSR count). The van der Waals surface area contributed by atoms with Crippen LogP contribution in [0.5, 0.6) is 0 Å². The van der Waals surface area contributed by atoms with Crippen LogP contribution < -0.4 is 5.73 Å². The van der Waals surface area contributed by atoms with Crippen molar-refractivity contribution in [2.75, 3.05) is 12.3 Å². The molecule has 0 radical (unpaired) electrons. The van der Waals surface area contributed by atoms with Crippen LogP contribution in [0.15, 0.2) is 10.5 Å². The number of halogens is 2. The normalized spacial score (nSPS) is 12.8. The minimum absolute atomic E-state index is 0.209. The van der Waals surface area contributed by atoms with Crippen molar-refractivity contribution in [3.05, 3.63) is 21.4 Å². The predicted molar refractivity (Wildman–Crippen MR) is 88.2 cm³/mol. The summed E-state index contributed by atoms with van der Waals surface area (Å²) in [4.78, 5) is 4.26. The zero-order valence-electron chi connectivity index (χ0n) is 12.2. The van der Waals surface area contributed by atoms with E-state index in [4.69, 9.17) is 21.8 Å². The smallest absolute Gasteiger partial charge is 0.191 e. The highest BCUT2D eigenvalue weighted by molar-refractivity contribution is 9.10. The van der Waals surface area contributed by atoms with E-state index in [0.717, 1.165) is 10.2 Å². The maximum atomic E-state index is 6.12. The fourth-order valence-electron chi connectivity index (χ4n) is 1.35. The lowest BCUT2D eigenvalue weighted by Gasteiger charge is -2.36. The van der Waals surface area contributed by atoms with Gasteiger partial charge in [-0.2, -0.15) is 0 Å². The van der Waals surface area contributed by atoms with E-state index in [9.17, 15) is 0 Å². The molecule has 1 aromatic heterocycles. The van der Waals surface area contributed by atoms with Gasteiger partial charge < -0.3 is 10.2 Å². The number of anilines is 1. The molecular formula is C13H22BrClN2OSi. The number of nitrogens with zero attached hydrogens (tertiary/aromatic N) is 1. The van der Waals surface area contributed by atoms with Crippen LogP contribution in [0.4, 0.5) is 5.69 Å². The van der Waals surface area contributed by atoms with Gasteiger partial charge in [0.2, 0.25) is 0 Å². The van der Waals surface area contributed by atoms with Gasteiger partial charge in [-0.15, -0.1) is 0 Å². The number of nitrogen functional groups attached to an aromatic ring is 1. The van der Waals surface area contributed by atoms with E-state index in [1.165, 1.54) is 0 Å². The van der Waals surface area contributed by atoms with Crippen LogP contribution in [0.2, 0.25) is 23.3 Å². The zero-order chi connectivity index (χ0) is 14.8. The third-order valence-electron chi connectivity index (χ3n) is 3.66. The number of rotatable bonds is 4. The van der Waals surface area contributed by atoms with Crippen molar-refractivity contribution in [1.29, 1.82) is 0 Å². The second-order valence-corrected chi connectivity index (χ2v) is 12.2. The van der Waals surface area contributed by atoms with Gasteiger partial charge in [-0.25, -0.2) is 4.98 Å². The molecule has 0 spiro atoms. The first kappa shape index (κ1) is 16.9. The van der Waals surface area contributed by atoms with Crippen LogP contribution in [0.25, 0.3) is 0 Å². The molecule has 0 unspecified atom stereocenters. The Morgan fingerprint density at radius 3 is 2.53 bits per heavy atom. The maximum absolute atomic E-state index is 6.12. The molecule has 0 aliphatic carbocycles. The average molecular weight is 366 g/mol. The van der Waals surface area contributed by atoms with Gasteiger partial charge in [0.15, 0.2) is 8.32 Å². The van der Waals surface area contributed by atoms with E-state index in [2.05, 4.69) is 54.8 Å². The zero-order valence-corrected chi connectivity index (χ0v) is 15.5. The molecule has 19 heavy (non-hydrogen) atoms. The van der Waals surface area contributed by atoms with E-state index in [1.807, 2.05) is 0 Å². The van der Waals surface area contributed by atoms with Crippen molar-refractivity contribution in [3.8, 4) is 0 Å². The average Bonchev–Trinajstić information content (AvgIpc) is 2.23. The molecule has 108 valence electrons. The van der Waals surface area contributed by atoms with Gasteiger partial charge in [0.25, 0.3) is 0 Å². The van der Waals surface area contributed by atoms with Gasteiger partial charge in [0.05, 0.1) is 11.4 Å². The SMILES string of the molecule is CC(C)(C)[Si](C)(C)OCCc1nc(Cl)cc(Br)c1N. The number of nitrogens with two attached hydrogens (primary N) is 1. The fraction of sp³-hybridized carbons (Fsp3) is 0.615. The van der Waals surface area contributed by atoms with Crippen molar-refractivity contribution >= 4 is 41.5 Å². The van der Waals surface area contributed by atoms with Gasteiger partial charge in [-0.3, -0.25) is 0 Å². The van der Waals surface area contributed by atoms with Crippen LogP contribution in [-0.4, -0.2) is 19.9 Å². The molecule has 0 aromatic carbocycles. The quantitative estimate of drug-likeness (QED) is 0.624. The minimum Gasteiger partial charge on any atom is -0.416 e. The van der Waals surface area contributed by atoms with Crippen LogP contribution in [-0.2, 0) is 10.8 Å². The monoisotopic (exact) mass is 364 g/mol. The van der Waals surface area contributed by atoms with Crippen molar-refractivity contribution in [3.63, 3.8) is 0 Å². The second kappa shape index (κ2) is 6.12. The molecule has 0 amide bonds. The summed E-state index contributed by atoms with van der Waals surface area (Å²) in [5.41, 5.74) is 7.41. The Bertz CT molecular complexity index is 461. The molecule has 0 saturated carbocycles. The highest BCUT2D eigenvalue weighted by Gasteiger charge is 2.36. The molecule has 3 nitrogen and oxygen atoms in total. The summed E-state index contributed by atoms with van der Waals surface area (Å²) in [6.07, 6.45) is 0.678. The first-order valence-corrected chi connectivity index (χ1v) is 10.4. The second-order valence-electron chi connectivity index (χ2n) is 6.15. The van der Waals surface area contributed by atoms with Gasteiger partial charge in [-0.1, -0.05) is 32.4 Å². The summed E-state index contributed by atoms with van der Waals surface area (Å²) < 4.78 is 6.90. The Morgan fingerprint density at radius 2 is 2.00 bits per heavy atom.